The van der Waals surface area contributed by atoms with Gasteiger partial charge in [-0.05, 0) is 29.5 Å². The van der Waals surface area contributed by atoms with Crippen molar-refractivity contribution in [1.82, 2.24) is 16.0 Å². The maximum absolute atomic E-state index is 13.0. The molecule has 0 fully saturated rings. The summed E-state index contributed by atoms with van der Waals surface area (Å²) in [5.41, 5.74) is 6.31. The average molecular weight is 483 g/mol. The van der Waals surface area contributed by atoms with Crippen LogP contribution in [0.5, 0.6) is 5.75 Å². The van der Waals surface area contributed by atoms with Gasteiger partial charge in [0.05, 0.1) is 6.04 Å². The molecule has 11 heteroatoms. The molecule has 1 rings (SSSR count). The fraction of sp³-hybridized carbons (Fsp3) is 0.545. The van der Waals surface area contributed by atoms with Crippen molar-refractivity contribution in [1.29, 1.82) is 0 Å². The highest BCUT2D eigenvalue weighted by Gasteiger charge is 2.32. The van der Waals surface area contributed by atoms with Gasteiger partial charge in [-0.3, -0.25) is 14.4 Å². The van der Waals surface area contributed by atoms with E-state index in [9.17, 15) is 29.4 Å². The monoisotopic (exact) mass is 482 g/mol. The molecule has 1 aromatic carbocycles. The fourth-order valence-electron chi connectivity index (χ4n) is 2.98. The number of carbonyl (C=O) groups is 4. The Morgan fingerprint density at radius 2 is 1.39 bits per heavy atom. The summed E-state index contributed by atoms with van der Waals surface area (Å²) in [6.07, 6.45) is 0.0389. The van der Waals surface area contributed by atoms with Crippen LogP contribution >= 0.6 is 12.6 Å². The third-order valence-corrected chi connectivity index (χ3v) is 5.41. The van der Waals surface area contributed by atoms with E-state index >= 15 is 0 Å². The second-order valence-corrected chi connectivity index (χ2v) is 8.88. The molecular weight excluding hydrogens is 448 g/mol. The first kappa shape index (κ1) is 28.2. The molecule has 0 saturated heterocycles. The third-order valence-electron chi connectivity index (χ3n) is 5.02. The van der Waals surface area contributed by atoms with E-state index in [1.165, 1.54) is 12.1 Å². The summed E-state index contributed by atoms with van der Waals surface area (Å²) >= 11 is 3.99. The molecule has 33 heavy (non-hydrogen) atoms. The summed E-state index contributed by atoms with van der Waals surface area (Å²) in [5, 5.41) is 26.6. The van der Waals surface area contributed by atoms with Gasteiger partial charge in [0.2, 0.25) is 17.7 Å². The van der Waals surface area contributed by atoms with E-state index in [2.05, 4.69) is 28.6 Å². The Hall–Kier alpha value is -2.79. The zero-order chi connectivity index (χ0) is 25.3. The summed E-state index contributed by atoms with van der Waals surface area (Å²) in [4.78, 5) is 49.7. The minimum absolute atomic E-state index is 0.0389. The molecule has 0 radical (unpaired) electrons. The molecule has 0 bridgehead atoms. The number of thiol groups is 1. The quantitative estimate of drug-likeness (QED) is 0.206. The average Bonchev–Trinajstić information content (AvgIpc) is 2.74. The summed E-state index contributed by atoms with van der Waals surface area (Å²) in [6.45, 7) is 6.76. The second kappa shape index (κ2) is 13.0. The van der Waals surface area contributed by atoms with Crippen molar-refractivity contribution >= 4 is 36.3 Å². The number of nitrogens with one attached hydrogen (secondary N) is 3. The van der Waals surface area contributed by atoms with Crippen molar-refractivity contribution in [2.24, 2.45) is 17.6 Å². The molecule has 0 saturated carbocycles. The highest BCUT2D eigenvalue weighted by molar-refractivity contribution is 7.80. The van der Waals surface area contributed by atoms with E-state index in [0.717, 1.165) is 0 Å². The van der Waals surface area contributed by atoms with Crippen LogP contribution < -0.4 is 21.7 Å². The molecule has 7 N–H and O–H groups in total. The largest absolute Gasteiger partial charge is 0.508 e. The maximum atomic E-state index is 13.0. The van der Waals surface area contributed by atoms with Crippen molar-refractivity contribution in [2.75, 3.05) is 5.75 Å². The number of phenols is 1. The molecule has 0 aromatic heterocycles. The van der Waals surface area contributed by atoms with Crippen molar-refractivity contribution in [3.63, 3.8) is 0 Å². The van der Waals surface area contributed by atoms with Gasteiger partial charge in [0, 0.05) is 12.2 Å². The van der Waals surface area contributed by atoms with E-state index < -0.39 is 47.9 Å². The molecule has 4 unspecified atom stereocenters. The Morgan fingerprint density at radius 1 is 0.879 bits per heavy atom. The van der Waals surface area contributed by atoms with Gasteiger partial charge in [0.25, 0.3) is 0 Å². The molecule has 0 aliphatic carbocycles. The Balaban J connectivity index is 3.13. The first-order chi connectivity index (χ1) is 15.4. The van der Waals surface area contributed by atoms with Crippen LogP contribution in [0.1, 0.15) is 33.3 Å². The molecule has 184 valence electrons. The van der Waals surface area contributed by atoms with Crippen LogP contribution in [0.2, 0.25) is 0 Å². The molecule has 0 aliphatic heterocycles. The number of rotatable bonds is 12. The lowest BCUT2D eigenvalue weighted by atomic mass is 9.99. The van der Waals surface area contributed by atoms with Crippen LogP contribution in [-0.4, -0.2) is 63.8 Å². The standard InChI is InChI=1S/C22H34N4O6S/c1-11(2)17(25-19(28)15(23)10-33)21(30)24-16(9-13-5-7-14(27)8-6-13)20(29)26-18(12(3)4)22(31)32/h5-8,11-12,15-18,27,33H,9-10,23H2,1-4H3,(H,24,30)(H,25,28)(H,26,29)(H,31,32). The number of benzene rings is 1. The summed E-state index contributed by atoms with van der Waals surface area (Å²) < 4.78 is 0. The van der Waals surface area contributed by atoms with Gasteiger partial charge >= 0.3 is 5.97 Å². The number of carboxylic acids is 1. The Bertz CT molecular complexity index is 831. The van der Waals surface area contributed by atoms with Crippen LogP contribution in [0, 0.1) is 11.8 Å². The molecular formula is C22H34N4O6S. The summed E-state index contributed by atoms with van der Waals surface area (Å²) in [5.74, 6) is -3.61. The molecule has 0 aliphatic rings. The van der Waals surface area contributed by atoms with Gasteiger partial charge in [-0.2, -0.15) is 12.6 Å². The van der Waals surface area contributed by atoms with Gasteiger partial charge in [-0.15, -0.1) is 0 Å². The van der Waals surface area contributed by atoms with Gasteiger partial charge in [0.1, 0.15) is 23.9 Å². The van der Waals surface area contributed by atoms with Crippen LogP contribution in [0.4, 0.5) is 0 Å². The fourth-order valence-corrected chi connectivity index (χ4v) is 3.15. The number of aliphatic carboxylic acids is 1. The summed E-state index contributed by atoms with van der Waals surface area (Å²) in [7, 11) is 0. The third kappa shape index (κ3) is 8.93. The number of carboxylic acid groups (broad SMARTS) is 1. The topological polar surface area (TPSA) is 171 Å². The van der Waals surface area contributed by atoms with E-state index in [4.69, 9.17) is 5.73 Å². The minimum Gasteiger partial charge on any atom is -0.508 e. The predicted molar refractivity (Wildman–Crippen MR) is 127 cm³/mol. The lowest BCUT2D eigenvalue weighted by molar-refractivity contribution is -0.143. The van der Waals surface area contributed by atoms with Gasteiger partial charge in [-0.1, -0.05) is 39.8 Å². The van der Waals surface area contributed by atoms with Crippen LogP contribution in [0.3, 0.4) is 0 Å². The Morgan fingerprint density at radius 3 is 1.85 bits per heavy atom. The van der Waals surface area contributed by atoms with Crippen LogP contribution in [0.15, 0.2) is 24.3 Å². The van der Waals surface area contributed by atoms with E-state index in [1.807, 2.05) is 0 Å². The number of aromatic hydroxyl groups is 1. The van der Waals surface area contributed by atoms with Crippen LogP contribution in [-0.2, 0) is 25.6 Å². The SMILES string of the molecule is CC(C)C(NC(=O)C(Cc1ccc(O)cc1)NC(=O)C(NC(=O)C(N)CS)C(C)C)C(=O)O. The van der Waals surface area contributed by atoms with Crippen LogP contribution in [0.25, 0.3) is 0 Å². The first-order valence-corrected chi connectivity index (χ1v) is 11.3. The number of hydrogen-bond donors (Lipinski definition) is 7. The molecule has 0 heterocycles. The molecule has 1 aromatic rings. The molecule has 10 nitrogen and oxygen atoms in total. The molecule has 4 atom stereocenters. The number of amides is 3. The van der Waals surface area contributed by atoms with Crippen molar-refractivity contribution < 1.29 is 29.4 Å². The zero-order valence-electron chi connectivity index (χ0n) is 19.2. The highest BCUT2D eigenvalue weighted by atomic mass is 32.1. The number of carbonyl (C=O) groups excluding carboxylic acids is 3. The van der Waals surface area contributed by atoms with Gasteiger partial charge in [0.15, 0.2) is 0 Å². The maximum Gasteiger partial charge on any atom is 0.326 e. The lowest BCUT2D eigenvalue weighted by Gasteiger charge is -2.27. The van der Waals surface area contributed by atoms with Gasteiger partial charge in [-0.25, -0.2) is 4.79 Å². The Kier molecular flexibility index (Phi) is 11.2. The number of hydrogen-bond acceptors (Lipinski definition) is 7. The van der Waals surface area contributed by atoms with E-state index in [1.54, 1.807) is 39.8 Å². The van der Waals surface area contributed by atoms with Crippen molar-refractivity contribution in [3.05, 3.63) is 29.8 Å². The van der Waals surface area contributed by atoms with E-state index in [-0.39, 0.29) is 29.8 Å². The van der Waals surface area contributed by atoms with Crippen molar-refractivity contribution in [2.45, 2.75) is 58.3 Å². The minimum atomic E-state index is -1.19. The second-order valence-electron chi connectivity index (χ2n) is 8.52. The number of phenolic OH excluding ortho intramolecular Hbond substituents is 1. The zero-order valence-corrected chi connectivity index (χ0v) is 20.1. The Labute approximate surface area is 199 Å². The van der Waals surface area contributed by atoms with Gasteiger partial charge < -0.3 is 31.9 Å². The normalized spacial score (nSPS) is 14.8. The first-order valence-electron chi connectivity index (χ1n) is 10.7. The van der Waals surface area contributed by atoms with E-state index in [0.29, 0.717) is 5.56 Å². The number of nitrogens with two attached hydrogens (primary N) is 1. The highest BCUT2D eigenvalue weighted by Crippen LogP contribution is 2.13. The smallest absolute Gasteiger partial charge is 0.326 e. The molecule has 3 amide bonds. The molecule has 0 spiro atoms. The van der Waals surface area contributed by atoms with Crippen molar-refractivity contribution in [3.8, 4) is 5.75 Å². The lowest BCUT2D eigenvalue weighted by Crippen LogP contribution is -2.59. The predicted octanol–water partition coefficient (Wildman–Crippen LogP) is 0.0428. The summed E-state index contributed by atoms with van der Waals surface area (Å²) in [6, 6.07) is 1.91.